The predicted octanol–water partition coefficient (Wildman–Crippen LogP) is 4.15. The Labute approximate surface area is 186 Å². The van der Waals surface area contributed by atoms with Crippen LogP contribution in [-0.4, -0.2) is 23.1 Å². The Morgan fingerprint density at radius 2 is 1.66 bits per heavy atom. The number of aromatic nitrogens is 1. The lowest BCUT2D eigenvalue weighted by Crippen LogP contribution is -2.32. The number of hydrogen-bond donors (Lipinski definition) is 3. The van der Waals surface area contributed by atoms with Gasteiger partial charge in [-0.2, -0.15) is 0 Å². The molecule has 0 aliphatic heterocycles. The molecule has 0 saturated carbocycles. The Morgan fingerprint density at radius 1 is 0.906 bits per heavy atom. The van der Waals surface area contributed by atoms with Gasteiger partial charge in [0.05, 0.1) is 6.61 Å². The summed E-state index contributed by atoms with van der Waals surface area (Å²) in [5.41, 5.74) is 2.42. The molecular weight excluding hydrogens is 408 g/mol. The van der Waals surface area contributed by atoms with E-state index < -0.39 is 11.6 Å². The maximum Gasteiger partial charge on any atom is 0.323 e. The Bertz CT molecular complexity index is 1170. The van der Waals surface area contributed by atoms with Gasteiger partial charge in [0, 0.05) is 17.1 Å². The van der Waals surface area contributed by atoms with Crippen LogP contribution in [0.15, 0.2) is 65.5 Å². The lowest BCUT2D eigenvalue weighted by Gasteiger charge is -2.13. The van der Waals surface area contributed by atoms with Crippen molar-refractivity contribution in [3.63, 3.8) is 0 Å². The molecule has 0 unspecified atom stereocenters. The molecule has 8 heteroatoms. The number of nitrogens with zero attached hydrogens (tertiary/aromatic N) is 1. The van der Waals surface area contributed by atoms with Crippen molar-refractivity contribution >= 4 is 29.0 Å². The summed E-state index contributed by atoms with van der Waals surface area (Å²) >= 11 is 0. The monoisotopic (exact) mass is 434 g/mol. The van der Waals surface area contributed by atoms with Crippen LogP contribution in [0.3, 0.4) is 0 Å². The number of nitrogens with one attached hydrogen (secondary N) is 3. The number of urea groups is 1. The van der Waals surface area contributed by atoms with Crippen LogP contribution in [0.5, 0.6) is 5.75 Å². The van der Waals surface area contributed by atoms with Gasteiger partial charge in [-0.1, -0.05) is 12.1 Å². The number of aryl methyl sites for hydroxylation is 2. The Kier molecular flexibility index (Phi) is 7.28. The van der Waals surface area contributed by atoms with Gasteiger partial charge in [0.1, 0.15) is 18.0 Å². The van der Waals surface area contributed by atoms with E-state index in [1.165, 1.54) is 10.6 Å². The van der Waals surface area contributed by atoms with E-state index in [1.54, 1.807) is 43.3 Å². The summed E-state index contributed by atoms with van der Waals surface area (Å²) in [6.45, 7) is 5.90. The van der Waals surface area contributed by atoms with Gasteiger partial charge in [0.25, 0.3) is 5.56 Å². The van der Waals surface area contributed by atoms with Crippen LogP contribution in [0.2, 0.25) is 0 Å². The first-order valence-corrected chi connectivity index (χ1v) is 10.2. The Hall–Kier alpha value is -4.07. The van der Waals surface area contributed by atoms with Gasteiger partial charge in [-0.3, -0.25) is 9.59 Å². The normalized spacial score (nSPS) is 10.3. The van der Waals surface area contributed by atoms with Crippen molar-refractivity contribution in [2.45, 2.75) is 27.3 Å². The lowest BCUT2D eigenvalue weighted by molar-refractivity contribution is -0.116. The number of rotatable bonds is 7. The van der Waals surface area contributed by atoms with Gasteiger partial charge in [-0.15, -0.1) is 0 Å². The van der Waals surface area contributed by atoms with Crippen LogP contribution in [0.1, 0.15) is 18.2 Å². The fourth-order valence-electron chi connectivity index (χ4n) is 3.12. The number of anilines is 3. The molecule has 1 heterocycles. The maximum atomic E-state index is 12.9. The van der Waals surface area contributed by atoms with E-state index in [-0.39, 0.29) is 18.1 Å². The highest BCUT2D eigenvalue weighted by Crippen LogP contribution is 2.16. The Balaban J connectivity index is 1.68. The van der Waals surface area contributed by atoms with Crippen LogP contribution in [-0.2, 0) is 11.3 Å². The molecule has 0 radical (unpaired) electrons. The third-order valence-corrected chi connectivity index (χ3v) is 4.67. The highest BCUT2D eigenvalue weighted by molar-refractivity contribution is 5.99. The molecule has 0 aliphatic carbocycles. The molecule has 2 aromatic carbocycles. The topological polar surface area (TPSA) is 101 Å². The number of amides is 3. The number of pyridine rings is 1. The van der Waals surface area contributed by atoms with E-state index in [9.17, 15) is 14.4 Å². The molecule has 8 nitrogen and oxygen atoms in total. The molecular formula is C24H26N4O4. The molecule has 1 aromatic heterocycles. The molecule has 0 saturated heterocycles. The smallest absolute Gasteiger partial charge is 0.323 e. The second-order valence-electron chi connectivity index (χ2n) is 7.23. The number of ether oxygens (including phenoxy) is 1. The molecule has 0 bridgehead atoms. The second-order valence-corrected chi connectivity index (χ2v) is 7.23. The van der Waals surface area contributed by atoms with E-state index >= 15 is 0 Å². The summed E-state index contributed by atoms with van der Waals surface area (Å²) in [5.74, 6) is 0.348. The average Bonchev–Trinajstić information content (AvgIpc) is 2.75. The molecule has 32 heavy (non-hydrogen) atoms. The van der Waals surface area contributed by atoms with Crippen LogP contribution in [0, 0.1) is 13.8 Å². The number of hydrogen-bond acceptors (Lipinski definition) is 4. The molecule has 3 amide bonds. The molecule has 0 aliphatic rings. The predicted molar refractivity (Wildman–Crippen MR) is 126 cm³/mol. The summed E-state index contributed by atoms with van der Waals surface area (Å²) in [4.78, 5) is 37.7. The maximum absolute atomic E-state index is 12.9. The largest absolute Gasteiger partial charge is 0.494 e. The van der Waals surface area contributed by atoms with Crippen LogP contribution < -0.4 is 26.2 Å². The van der Waals surface area contributed by atoms with Crippen molar-refractivity contribution in [1.82, 2.24) is 4.57 Å². The molecule has 3 N–H and O–H groups in total. The second kappa shape index (κ2) is 10.3. The molecule has 3 aromatic rings. The van der Waals surface area contributed by atoms with Crippen LogP contribution in [0.25, 0.3) is 0 Å². The standard InChI is InChI=1S/C24H26N4O4/c1-4-32-20-11-9-18(10-12-20)25-22(29)15-28-17(3)8-13-21(23(28)30)27-24(31)26-19-7-5-6-16(2)14-19/h5-14H,4,15H2,1-3H3,(H,25,29)(H2,26,27,31). The number of benzene rings is 2. The molecule has 0 atom stereocenters. The minimum atomic E-state index is -0.540. The first-order valence-electron chi connectivity index (χ1n) is 10.2. The average molecular weight is 434 g/mol. The summed E-state index contributed by atoms with van der Waals surface area (Å²) in [7, 11) is 0. The minimum absolute atomic E-state index is 0.0784. The van der Waals surface area contributed by atoms with E-state index in [2.05, 4.69) is 16.0 Å². The van der Waals surface area contributed by atoms with E-state index in [4.69, 9.17) is 4.74 Å². The van der Waals surface area contributed by atoms with Gasteiger partial charge in [0.2, 0.25) is 5.91 Å². The third kappa shape index (κ3) is 5.98. The zero-order valence-corrected chi connectivity index (χ0v) is 18.3. The summed E-state index contributed by atoms with van der Waals surface area (Å²) in [6, 6.07) is 16.9. The van der Waals surface area contributed by atoms with Crippen molar-refractivity contribution in [1.29, 1.82) is 0 Å². The van der Waals surface area contributed by atoms with Crippen molar-refractivity contribution in [3.05, 3.63) is 82.3 Å². The quantitative estimate of drug-likeness (QED) is 0.520. The van der Waals surface area contributed by atoms with Gasteiger partial charge in [-0.05, 0) is 74.9 Å². The fourth-order valence-corrected chi connectivity index (χ4v) is 3.12. The molecule has 166 valence electrons. The first kappa shape index (κ1) is 22.6. The minimum Gasteiger partial charge on any atom is -0.494 e. The van der Waals surface area contributed by atoms with Gasteiger partial charge < -0.3 is 25.3 Å². The number of carbonyl (C=O) groups excluding carboxylic acids is 2. The van der Waals surface area contributed by atoms with Crippen molar-refractivity contribution in [2.24, 2.45) is 0 Å². The number of carbonyl (C=O) groups is 2. The van der Waals surface area contributed by atoms with Crippen molar-refractivity contribution < 1.29 is 14.3 Å². The zero-order chi connectivity index (χ0) is 23.1. The lowest BCUT2D eigenvalue weighted by atomic mass is 10.2. The highest BCUT2D eigenvalue weighted by atomic mass is 16.5. The van der Waals surface area contributed by atoms with Crippen molar-refractivity contribution in [3.8, 4) is 5.75 Å². The summed E-state index contributed by atoms with van der Waals surface area (Å²) < 4.78 is 6.69. The van der Waals surface area contributed by atoms with E-state index in [0.29, 0.717) is 29.4 Å². The fraction of sp³-hybridized carbons (Fsp3) is 0.208. The van der Waals surface area contributed by atoms with Crippen LogP contribution in [0.4, 0.5) is 21.9 Å². The van der Waals surface area contributed by atoms with E-state index in [1.807, 2.05) is 32.0 Å². The van der Waals surface area contributed by atoms with E-state index in [0.717, 1.165) is 5.56 Å². The summed E-state index contributed by atoms with van der Waals surface area (Å²) in [6.07, 6.45) is 0. The first-order chi connectivity index (χ1) is 15.4. The molecule has 0 fully saturated rings. The molecule has 0 spiro atoms. The third-order valence-electron chi connectivity index (χ3n) is 4.67. The zero-order valence-electron chi connectivity index (χ0n) is 18.3. The van der Waals surface area contributed by atoms with Crippen molar-refractivity contribution in [2.75, 3.05) is 22.6 Å². The molecule has 3 rings (SSSR count). The van der Waals surface area contributed by atoms with Crippen LogP contribution >= 0.6 is 0 Å². The van der Waals surface area contributed by atoms with Gasteiger partial charge in [-0.25, -0.2) is 4.79 Å². The van der Waals surface area contributed by atoms with Gasteiger partial charge in [0.15, 0.2) is 0 Å². The highest BCUT2D eigenvalue weighted by Gasteiger charge is 2.13. The summed E-state index contributed by atoms with van der Waals surface area (Å²) in [5, 5.41) is 8.01. The van der Waals surface area contributed by atoms with Gasteiger partial charge >= 0.3 is 6.03 Å². The SMILES string of the molecule is CCOc1ccc(NC(=O)Cn2c(C)ccc(NC(=O)Nc3cccc(C)c3)c2=O)cc1. The Morgan fingerprint density at radius 3 is 2.34 bits per heavy atom.